The number of allylic oxidation sites excluding steroid dienone is 2. The van der Waals surface area contributed by atoms with Gasteiger partial charge < -0.3 is 0 Å². The van der Waals surface area contributed by atoms with Gasteiger partial charge in [-0.05, 0) is 6.08 Å². The molecule has 0 spiro atoms. The van der Waals surface area contributed by atoms with Gasteiger partial charge in [-0.15, -0.1) is 0 Å². The van der Waals surface area contributed by atoms with Gasteiger partial charge in [0.25, 0.3) is 0 Å². The van der Waals surface area contributed by atoms with Gasteiger partial charge in [0.2, 0.25) is 0 Å². The second-order valence-corrected chi connectivity index (χ2v) is 2.13. The van der Waals surface area contributed by atoms with E-state index in [2.05, 4.69) is 10.3 Å². The lowest BCUT2D eigenvalue weighted by molar-refractivity contribution is 0.863. The van der Waals surface area contributed by atoms with E-state index in [1.807, 2.05) is 18.5 Å². The molecule has 45 valence electrons. The molecule has 0 N–H and O–H groups in total. The minimum atomic E-state index is 0.907. The Kier molecular flexibility index (Phi) is 0.918. The third-order valence-electron chi connectivity index (χ3n) is 1.53. The standard InChI is InChI=1S/C7H7N2/c1-4-9-7-2-3-8-5-6(1)7/h1,4-5H,2-3H2. The van der Waals surface area contributed by atoms with E-state index in [1.165, 1.54) is 11.3 Å². The second-order valence-electron chi connectivity index (χ2n) is 2.13. The fraction of sp³-hybridized carbons (Fsp3) is 0.286. The van der Waals surface area contributed by atoms with Crippen LogP contribution >= 0.6 is 0 Å². The van der Waals surface area contributed by atoms with Crippen LogP contribution in [0.4, 0.5) is 0 Å². The van der Waals surface area contributed by atoms with E-state index in [-0.39, 0.29) is 0 Å². The van der Waals surface area contributed by atoms with Crippen molar-refractivity contribution in [1.29, 1.82) is 0 Å². The first kappa shape index (κ1) is 4.79. The Morgan fingerprint density at radius 2 is 2.44 bits per heavy atom. The van der Waals surface area contributed by atoms with Crippen molar-refractivity contribution >= 4 is 6.21 Å². The normalized spacial score (nSPS) is 22.2. The van der Waals surface area contributed by atoms with Gasteiger partial charge in [-0.25, -0.2) is 0 Å². The maximum atomic E-state index is 4.17. The van der Waals surface area contributed by atoms with Crippen molar-refractivity contribution in [3.8, 4) is 0 Å². The molecule has 0 atom stereocenters. The molecule has 0 aromatic carbocycles. The number of rotatable bonds is 0. The Bertz CT molecular complexity index is 211. The van der Waals surface area contributed by atoms with Crippen LogP contribution in [0.1, 0.15) is 6.42 Å². The maximum Gasteiger partial charge on any atom is 0.0510 e. The lowest BCUT2D eigenvalue weighted by Crippen LogP contribution is -2.02. The molecule has 1 radical (unpaired) electrons. The lowest BCUT2D eigenvalue weighted by Gasteiger charge is -2.04. The number of aliphatic imine (C=N–C) groups is 1. The molecule has 2 aliphatic rings. The fourth-order valence-electron chi connectivity index (χ4n) is 1.04. The summed E-state index contributed by atoms with van der Waals surface area (Å²) < 4.78 is 0. The van der Waals surface area contributed by atoms with Gasteiger partial charge >= 0.3 is 0 Å². The zero-order chi connectivity index (χ0) is 6.10. The molecule has 0 unspecified atom stereocenters. The summed E-state index contributed by atoms with van der Waals surface area (Å²) in [6, 6.07) is 0. The van der Waals surface area contributed by atoms with Crippen LogP contribution in [0.5, 0.6) is 0 Å². The molecule has 0 aromatic heterocycles. The first-order chi connectivity index (χ1) is 4.47. The number of hydrogen-bond donors (Lipinski definition) is 0. The van der Waals surface area contributed by atoms with Gasteiger partial charge in [0.05, 0.1) is 5.70 Å². The summed E-state index contributed by atoms with van der Waals surface area (Å²) in [6.07, 6.45) is 6.74. The molecule has 0 fully saturated rings. The summed E-state index contributed by atoms with van der Waals surface area (Å²) in [5, 5.41) is 4.17. The van der Waals surface area contributed by atoms with Crippen molar-refractivity contribution in [2.24, 2.45) is 4.99 Å². The van der Waals surface area contributed by atoms with E-state index < -0.39 is 0 Å². The van der Waals surface area contributed by atoms with Gasteiger partial charge in [0, 0.05) is 31.0 Å². The highest BCUT2D eigenvalue weighted by molar-refractivity contribution is 5.85. The average Bonchev–Trinajstić information content (AvgIpc) is 2.33. The topological polar surface area (TPSA) is 26.5 Å². The van der Waals surface area contributed by atoms with Crippen molar-refractivity contribution in [3.63, 3.8) is 0 Å². The van der Waals surface area contributed by atoms with Crippen molar-refractivity contribution in [2.45, 2.75) is 6.42 Å². The monoisotopic (exact) mass is 119 g/mol. The van der Waals surface area contributed by atoms with Crippen molar-refractivity contribution in [3.05, 3.63) is 23.5 Å². The van der Waals surface area contributed by atoms with Crippen LogP contribution in [0.25, 0.3) is 0 Å². The smallest absolute Gasteiger partial charge is 0.0510 e. The van der Waals surface area contributed by atoms with Crippen LogP contribution in [-0.4, -0.2) is 12.8 Å². The maximum absolute atomic E-state index is 4.17. The average molecular weight is 119 g/mol. The number of hydrogen-bond acceptors (Lipinski definition) is 1. The third-order valence-corrected chi connectivity index (χ3v) is 1.53. The molecule has 2 nitrogen and oxygen atoms in total. The molecule has 2 aliphatic heterocycles. The first-order valence-electron chi connectivity index (χ1n) is 3.07. The number of dihydropyridines is 1. The summed E-state index contributed by atoms with van der Waals surface area (Å²) in [6.45, 7) is 0.907. The zero-order valence-corrected chi connectivity index (χ0v) is 5.04. The van der Waals surface area contributed by atoms with Gasteiger partial charge in [-0.1, -0.05) is 0 Å². The van der Waals surface area contributed by atoms with Gasteiger partial charge in [-0.3, -0.25) is 10.3 Å². The summed E-state index contributed by atoms with van der Waals surface area (Å²) >= 11 is 0. The predicted octanol–water partition coefficient (Wildman–Crippen LogP) is 0.847. The lowest BCUT2D eigenvalue weighted by atomic mass is 10.1. The van der Waals surface area contributed by atoms with Crippen LogP contribution in [0.3, 0.4) is 0 Å². The molecular formula is C7H7N2. The highest BCUT2D eigenvalue weighted by Gasteiger charge is 2.10. The highest BCUT2D eigenvalue weighted by atomic mass is 14.9. The Morgan fingerprint density at radius 1 is 1.44 bits per heavy atom. The van der Waals surface area contributed by atoms with Gasteiger partial charge in [-0.2, -0.15) is 0 Å². The van der Waals surface area contributed by atoms with Crippen molar-refractivity contribution in [1.82, 2.24) is 5.32 Å². The molecule has 0 saturated carbocycles. The Balaban J connectivity index is 2.35. The molecular weight excluding hydrogens is 112 g/mol. The molecule has 2 heteroatoms. The van der Waals surface area contributed by atoms with E-state index in [0.29, 0.717) is 0 Å². The minimum absolute atomic E-state index is 0.907. The third kappa shape index (κ3) is 0.669. The van der Waals surface area contributed by atoms with E-state index in [4.69, 9.17) is 0 Å². The van der Waals surface area contributed by atoms with Crippen LogP contribution in [0.15, 0.2) is 28.5 Å². The zero-order valence-electron chi connectivity index (χ0n) is 5.04. The van der Waals surface area contributed by atoms with Crippen LogP contribution in [-0.2, 0) is 0 Å². The van der Waals surface area contributed by atoms with Crippen LogP contribution in [0, 0.1) is 0 Å². The second kappa shape index (κ2) is 1.72. The Morgan fingerprint density at radius 3 is 3.33 bits per heavy atom. The van der Waals surface area contributed by atoms with E-state index in [1.54, 1.807) is 0 Å². The van der Waals surface area contributed by atoms with Crippen LogP contribution < -0.4 is 5.32 Å². The summed E-state index contributed by atoms with van der Waals surface area (Å²) in [5.41, 5.74) is 2.39. The van der Waals surface area contributed by atoms with Gasteiger partial charge in [0.15, 0.2) is 0 Å². The predicted molar refractivity (Wildman–Crippen MR) is 36.3 cm³/mol. The first-order valence-corrected chi connectivity index (χ1v) is 3.07. The summed E-state index contributed by atoms with van der Waals surface area (Å²) in [4.78, 5) is 4.13. The molecule has 0 bridgehead atoms. The Hall–Kier alpha value is -1.05. The summed E-state index contributed by atoms with van der Waals surface area (Å²) in [5.74, 6) is 0. The highest BCUT2D eigenvalue weighted by Crippen LogP contribution is 2.16. The summed E-state index contributed by atoms with van der Waals surface area (Å²) in [7, 11) is 0. The van der Waals surface area contributed by atoms with Crippen molar-refractivity contribution in [2.75, 3.05) is 6.54 Å². The molecule has 0 saturated heterocycles. The molecule has 2 heterocycles. The van der Waals surface area contributed by atoms with Crippen molar-refractivity contribution < 1.29 is 0 Å². The molecule has 0 amide bonds. The van der Waals surface area contributed by atoms with E-state index in [0.717, 1.165) is 13.0 Å². The van der Waals surface area contributed by atoms with Gasteiger partial charge in [0.1, 0.15) is 0 Å². The van der Waals surface area contributed by atoms with Crippen LogP contribution in [0.2, 0.25) is 0 Å². The quantitative estimate of drug-likeness (QED) is 0.452. The number of nitrogens with zero attached hydrogens (tertiary/aromatic N) is 2. The minimum Gasteiger partial charge on any atom is -0.292 e. The Labute approximate surface area is 54.0 Å². The molecule has 9 heavy (non-hydrogen) atoms. The fourth-order valence-corrected chi connectivity index (χ4v) is 1.04. The largest absolute Gasteiger partial charge is 0.292 e. The molecule has 0 aromatic rings. The molecule has 0 aliphatic carbocycles. The van der Waals surface area contributed by atoms with E-state index >= 15 is 0 Å². The SMILES string of the molecule is C1=CC2=C(CCN=C2)[N]1. The molecule has 2 rings (SSSR count). The van der Waals surface area contributed by atoms with E-state index in [9.17, 15) is 0 Å².